The average molecular weight is 1020 g/mol. The lowest BCUT2D eigenvalue weighted by molar-refractivity contribution is -0.161. The van der Waals surface area contributed by atoms with E-state index in [0.717, 1.165) is 68.0 Å². The van der Waals surface area contributed by atoms with Crippen LogP contribution in [-0.2, 0) is 46.3 Å². The predicted octanol–water partition coefficient (Wildman–Crippen LogP) is 7.18. The van der Waals surface area contributed by atoms with Gasteiger partial charge in [0.15, 0.2) is 12.3 Å². The summed E-state index contributed by atoms with van der Waals surface area (Å²) in [5.41, 5.74) is 4.56. The van der Waals surface area contributed by atoms with Crippen LogP contribution in [-0.4, -0.2) is 108 Å². The molecule has 10 atom stereocenters. The molecule has 0 saturated carbocycles. The molecule has 0 radical (unpaired) electrons. The lowest BCUT2D eigenvalue weighted by atomic mass is 9.99. The van der Waals surface area contributed by atoms with Gasteiger partial charge in [0.2, 0.25) is 0 Å². The van der Waals surface area contributed by atoms with Crippen LogP contribution in [0, 0.1) is 5.92 Å². The van der Waals surface area contributed by atoms with Crippen molar-refractivity contribution in [3.8, 4) is 0 Å². The van der Waals surface area contributed by atoms with Gasteiger partial charge in [-0.2, -0.15) is 9.29 Å². The first-order valence-corrected chi connectivity index (χ1v) is 27.2. The van der Waals surface area contributed by atoms with E-state index < -0.39 is 95.9 Å². The van der Waals surface area contributed by atoms with E-state index >= 15 is 0 Å². The summed E-state index contributed by atoms with van der Waals surface area (Å²) in [4.78, 5) is 61.8. The highest BCUT2D eigenvalue weighted by molar-refractivity contribution is 7.61. The van der Waals surface area contributed by atoms with E-state index in [1.807, 2.05) is 18.2 Å². The van der Waals surface area contributed by atoms with E-state index in [-0.39, 0.29) is 37.9 Å². The van der Waals surface area contributed by atoms with Crippen LogP contribution in [0.4, 0.5) is 5.82 Å². The van der Waals surface area contributed by atoms with Crippen molar-refractivity contribution in [1.29, 1.82) is 0 Å². The van der Waals surface area contributed by atoms with Crippen molar-refractivity contribution in [1.82, 2.24) is 9.55 Å². The molecule has 0 aromatic carbocycles. The predicted molar refractivity (Wildman–Crippen MR) is 259 cm³/mol. The average Bonchev–Trinajstić information content (AvgIpc) is 3.58. The van der Waals surface area contributed by atoms with Crippen molar-refractivity contribution in [2.75, 3.05) is 25.6 Å². The van der Waals surface area contributed by atoms with Gasteiger partial charge in [0, 0.05) is 19.0 Å². The Hall–Kier alpha value is -3.36. The van der Waals surface area contributed by atoms with Crippen LogP contribution >= 0.6 is 15.6 Å². The van der Waals surface area contributed by atoms with E-state index in [1.54, 1.807) is 6.08 Å². The van der Waals surface area contributed by atoms with Crippen LogP contribution in [0.15, 0.2) is 65.7 Å². The normalized spacial score (nSPS) is 21.2. The lowest BCUT2D eigenvalue weighted by Gasteiger charge is -2.21. The number of hydrogen-bond donors (Lipinski definition) is 7. The molecule has 0 spiro atoms. The molecule has 1 aliphatic heterocycles. The summed E-state index contributed by atoms with van der Waals surface area (Å²) in [6.07, 6.45) is 21.0. The molecule has 20 nitrogen and oxygen atoms in total. The molecule has 1 saturated heterocycles. The quantitative estimate of drug-likeness (QED) is 0.0149. The van der Waals surface area contributed by atoms with Crippen LogP contribution in [0.1, 0.15) is 149 Å². The van der Waals surface area contributed by atoms with Gasteiger partial charge >= 0.3 is 33.3 Å². The number of anilines is 1. The molecule has 1 aromatic heterocycles. The van der Waals surface area contributed by atoms with Gasteiger partial charge in [-0.25, -0.2) is 13.9 Å². The number of nitrogens with zero attached hydrogens (tertiary/aromatic N) is 2. The van der Waals surface area contributed by atoms with Crippen molar-refractivity contribution >= 4 is 33.4 Å². The summed E-state index contributed by atoms with van der Waals surface area (Å²) in [6.45, 7) is 4.00. The van der Waals surface area contributed by atoms with Gasteiger partial charge in [0.25, 0.3) is 0 Å². The Morgan fingerprint density at radius 2 is 1.36 bits per heavy atom. The van der Waals surface area contributed by atoms with Crippen molar-refractivity contribution in [3.63, 3.8) is 0 Å². The molecule has 0 bridgehead atoms. The Labute approximate surface area is 406 Å². The number of phosphoric acid groups is 2. The third-order valence-electron chi connectivity index (χ3n) is 11.2. The summed E-state index contributed by atoms with van der Waals surface area (Å²) in [5.74, 6) is -0.862. The van der Waals surface area contributed by atoms with Gasteiger partial charge in [0.1, 0.15) is 30.7 Å². The SMILES string of the molecule is CC/C=C\C/C=C\C/C=C\C/C=C\C[C@H](O)[C@@H](O)CCCC(=O)OC[C@H](COP(=O)(O)OP(=O)(O)OC[C@H]1O[C@@H](n2ccc(N)nc2=O)[C@H](O)[C@@H]1O)OC(=O)CCCCCCCCCCC(C)CC. The molecule has 2 rings (SSSR count). The zero-order valence-electron chi connectivity index (χ0n) is 40.5. The molecule has 394 valence electrons. The molecule has 1 aliphatic rings. The molecule has 0 aliphatic carbocycles. The Balaban J connectivity index is 1.88. The highest BCUT2D eigenvalue weighted by Gasteiger charge is 2.46. The maximum Gasteiger partial charge on any atom is 0.481 e. The minimum absolute atomic E-state index is 0.0123. The first-order chi connectivity index (χ1) is 32.9. The van der Waals surface area contributed by atoms with Gasteiger partial charge in [-0.05, 0) is 63.4 Å². The van der Waals surface area contributed by atoms with Crippen LogP contribution in [0.2, 0.25) is 0 Å². The minimum atomic E-state index is -5.48. The van der Waals surface area contributed by atoms with Gasteiger partial charge in [0.05, 0.1) is 25.4 Å². The van der Waals surface area contributed by atoms with E-state index in [0.29, 0.717) is 12.8 Å². The number of unbranched alkanes of at least 4 members (excludes halogenated alkanes) is 7. The second-order valence-electron chi connectivity index (χ2n) is 17.1. The topological polar surface area (TPSA) is 306 Å². The van der Waals surface area contributed by atoms with Gasteiger partial charge in [-0.15, -0.1) is 0 Å². The number of phosphoric ester groups is 2. The van der Waals surface area contributed by atoms with Crippen molar-refractivity contribution in [3.05, 3.63) is 71.4 Å². The number of carbonyl (C=O) groups is 2. The molecular weight excluding hydrogens is 940 g/mol. The zero-order chi connectivity index (χ0) is 51.1. The number of ether oxygens (including phenoxy) is 3. The van der Waals surface area contributed by atoms with Gasteiger partial charge < -0.3 is 50.2 Å². The summed E-state index contributed by atoms with van der Waals surface area (Å²) < 4.78 is 56.4. The highest BCUT2D eigenvalue weighted by Crippen LogP contribution is 2.60. The largest absolute Gasteiger partial charge is 0.481 e. The Morgan fingerprint density at radius 1 is 0.783 bits per heavy atom. The fourth-order valence-electron chi connectivity index (χ4n) is 6.91. The molecular formula is C47H79N3O17P2. The highest BCUT2D eigenvalue weighted by atomic mass is 31.3. The van der Waals surface area contributed by atoms with Crippen LogP contribution in [0.25, 0.3) is 0 Å². The van der Waals surface area contributed by atoms with Crippen LogP contribution < -0.4 is 11.4 Å². The maximum absolute atomic E-state index is 12.8. The second kappa shape index (κ2) is 34.9. The number of hydrogen-bond acceptors (Lipinski definition) is 17. The Morgan fingerprint density at radius 3 is 1.99 bits per heavy atom. The lowest BCUT2D eigenvalue weighted by Crippen LogP contribution is -2.36. The molecule has 1 fully saturated rings. The fourth-order valence-corrected chi connectivity index (χ4v) is 9.02. The number of nitrogens with two attached hydrogens (primary N) is 1. The first-order valence-electron chi connectivity index (χ1n) is 24.2. The Bertz CT molecular complexity index is 1900. The number of rotatable bonds is 38. The number of nitrogen functional groups attached to an aromatic ring is 1. The third-order valence-corrected chi connectivity index (χ3v) is 13.8. The van der Waals surface area contributed by atoms with E-state index in [1.165, 1.54) is 31.7 Å². The Kier molecular flexibility index (Phi) is 31.2. The molecule has 3 unspecified atom stereocenters. The summed E-state index contributed by atoms with van der Waals surface area (Å²) >= 11 is 0. The molecule has 1 aromatic rings. The van der Waals surface area contributed by atoms with Crippen LogP contribution in [0.5, 0.6) is 0 Å². The van der Waals surface area contributed by atoms with Gasteiger partial charge in [-0.3, -0.25) is 23.2 Å². The second-order valence-corrected chi connectivity index (χ2v) is 20.2. The van der Waals surface area contributed by atoms with Crippen molar-refractivity contribution in [2.45, 2.75) is 186 Å². The summed E-state index contributed by atoms with van der Waals surface area (Å²) in [6, 6.07) is 1.23. The van der Waals surface area contributed by atoms with E-state index in [2.05, 4.69) is 54.4 Å². The number of esters is 2. The maximum atomic E-state index is 12.8. The number of carbonyl (C=O) groups excluding carboxylic acids is 2. The first kappa shape index (κ1) is 61.8. The monoisotopic (exact) mass is 1020 g/mol. The molecule has 22 heteroatoms. The van der Waals surface area contributed by atoms with Crippen LogP contribution in [0.3, 0.4) is 0 Å². The number of aromatic nitrogens is 2. The summed E-state index contributed by atoms with van der Waals surface area (Å²) in [7, 11) is -11.0. The zero-order valence-corrected chi connectivity index (χ0v) is 42.3. The van der Waals surface area contributed by atoms with E-state index in [9.17, 15) is 53.7 Å². The number of allylic oxidation sites excluding steroid dienone is 7. The van der Waals surface area contributed by atoms with Gasteiger partial charge in [-0.1, -0.05) is 127 Å². The molecule has 8 N–H and O–H groups in total. The van der Waals surface area contributed by atoms with Crippen molar-refractivity contribution in [2.24, 2.45) is 5.92 Å². The van der Waals surface area contributed by atoms with Crippen molar-refractivity contribution < 1.29 is 76.5 Å². The fraction of sp³-hybridized carbons (Fsp3) is 0.702. The summed E-state index contributed by atoms with van der Waals surface area (Å²) in [5, 5.41) is 41.7. The minimum Gasteiger partial charge on any atom is -0.462 e. The van der Waals surface area contributed by atoms with E-state index in [4.69, 9.17) is 29.0 Å². The standard InChI is InChI=1S/C47H79N3O17P2/c1-4-6-7-8-9-10-11-12-13-17-20-23-27-38(51)39(52)28-25-30-42(53)62-33-37(65-43(54)29-24-21-18-15-14-16-19-22-26-36(3)5-2)34-63-68(58,59)67-69(60,61)64-35-40-44(55)45(56)46(66-40)50-32-31-41(48)49-47(50)57/h6-7,9-10,12-13,20,23,31-32,36-40,44-46,51-52,55-56H,4-5,8,11,14-19,21-22,24-30,33-35H2,1-3H3,(H,58,59)(H,60,61)(H2,48,49,57)/b7-6-,10-9-,13-12-,23-20-/t36?,37-,38+,39+,40-,44-,45-,46-/m1/s1. The number of aliphatic hydroxyl groups excluding tert-OH is 4. The third kappa shape index (κ3) is 27.7. The smallest absolute Gasteiger partial charge is 0.462 e. The number of aliphatic hydroxyl groups is 4. The molecule has 69 heavy (non-hydrogen) atoms. The molecule has 2 heterocycles. The molecule has 0 amide bonds.